The molecule has 1 rings (SSSR count). The number of nitrogens with two attached hydrogens (primary N) is 1. The fourth-order valence-corrected chi connectivity index (χ4v) is 2.18. The van der Waals surface area contributed by atoms with E-state index < -0.39 is 0 Å². The molecule has 0 saturated carbocycles. The minimum absolute atomic E-state index is 0.0256. The number of nitrogens with one attached hydrogen (secondary N) is 1. The van der Waals surface area contributed by atoms with Gasteiger partial charge in [-0.2, -0.15) is 0 Å². The second-order valence-electron chi connectivity index (χ2n) is 5.17. The molecule has 1 aliphatic rings. The topological polar surface area (TPSA) is 67.6 Å². The molecule has 3 N–H and O–H groups in total. The van der Waals surface area contributed by atoms with Gasteiger partial charge in [-0.25, -0.2) is 0 Å². The van der Waals surface area contributed by atoms with E-state index >= 15 is 0 Å². The molecule has 0 aliphatic carbocycles. The molecule has 18 heavy (non-hydrogen) atoms. The maximum absolute atomic E-state index is 11.6. The van der Waals surface area contributed by atoms with Gasteiger partial charge in [0.25, 0.3) is 0 Å². The van der Waals surface area contributed by atoms with Crippen LogP contribution in [-0.4, -0.2) is 56.7 Å². The maximum atomic E-state index is 11.6. The summed E-state index contributed by atoms with van der Waals surface area (Å²) < 4.78 is 5.08. The smallest absolute Gasteiger partial charge is 0.222 e. The fourth-order valence-electron chi connectivity index (χ4n) is 2.18. The predicted molar refractivity (Wildman–Crippen MR) is 72.3 cm³/mol. The van der Waals surface area contributed by atoms with Crippen molar-refractivity contribution in [1.29, 1.82) is 0 Å². The molecule has 0 aromatic heterocycles. The molecular weight excluding hydrogens is 230 g/mol. The predicted octanol–water partition coefficient (Wildman–Crippen LogP) is 0.198. The number of carbonyl (C=O) groups is 1. The molecular formula is C13H27N3O2. The van der Waals surface area contributed by atoms with Gasteiger partial charge in [0.2, 0.25) is 5.91 Å². The average Bonchev–Trinajstić information content (AvgIpc) is 2.38. The summed E-state index contributed by atoms with van der Waals surface area (Å²) >= 11 is 0. The number of ether oxygens (including phenoxy) is 1. The van der Waals surface area contributed by atoms with E-state index in [0.717, 1.165) is 25.6 Å². The summed E-state index contributed by atoms with van der Waals surface area (Å²) in [5, 5.41) is 2.92. The van der Waals surface area contributed by atoms with E-state index in [0.29, 0.717) is 19.5 Å². The Bertz CT molecular complexity index is 236. The SMILES string of the molecule is COC(CN)CC(=O)NCCN1CCC(C)CC1. The van der Waals surface area contributed by atoms with Crippen molar-refractivity contribution < 1.29 is 9.53 Å². The number of hydrogen-bond donors (Lipinski definition) is 2. The number of amides is 1. The Morgan fingerprint density at radius 3 is 2.72 bits per heavy atom. The highest BCUT2D eigenvalue weighted by atomic mass is 16.5. The van der Waals surface area contributed by atoms with Gasteiger partial charge in [0.15, 0.2) is 0 Å². The summed E-state index contributed by atoms with van der Waals surface area (Å²) in [4.78, 5) is 14.0. The lowest BCUT2D eigenvalue weighted by Gasteiger charge is -2.30. The molecule has 0 radical (unpaired) electrons. The molecule has 0 spiro atoms. The van der Waals surface area contributed by atoms with Gasteiger partial charge in [-0.1, -0.05) is 6.92 Å². The van der Waals surface area contributed by atoms with Gasteiger partial charge in [-0.05, 0) is 31.8 Å². The summed E-state index contributed by atoms with van der Waals surface area (Å²) in [5.41, 5.74) is 5.48. The van der Waals surface area contributed by atoms with E-state index in [1.807, 2.05) is 0 Å². The highest BCUT2D eigenvalue weighted by Gasteiger charge is 2.15. The van der Waals surface area contributed by atoms with Crippen LogP contribution in [0.5, 0.6) is 0 Å². The number of carbonyl (C=O) groups excluding carboxylic acids is 1. The van der Waals surface area contributed by atoms with Crippen LogP contribution in [0.1, 0.15) is 26.2 Å². The third-order valence-corrected chi connectivity index (χ3v) is 3.64. The lowest BCUT2D eigenvalue weighted by Crippen LogP contribution is -2.40. The Hall–Kier alpha value is -0.650. The summed E-state index contributed by atoms with van der Waals surface area (Å²) in [6.07, 6.45) is 2.73. The van der Waals surface area contributed by atoms with Gasteiger partial charge in [-0.3, -0.25) is 4.79 Å². The normalized spacial score (nSPS) is 19.7. The van der Waals surface area contributed by atoms with Crippen LogP contribution in [0.15, 0.2) is 0 Å². The fraction of sp³-hybridized carbons (Fsp3) is 0.923. The Kier molecular flexibility index (Phi) is 7.23. The van der Waals surface area contributed by atoms with E-state index in [9.17, 15) is 4.79 Å². The molecule has 1 saturated heterocycles. The van der Waals surface area contributed by atoms with Crippen LogP contribution in [0.3, 0.4) is 0 Å². The van der Waals surface area contributed by atoms with Crippen molar-refractivity contribution in [2.75, 3.05) is 39.8 Å². The molecule has 1 unspecified atom stereocenters. The van der Waals surface area contributed by atoms with Crippen molar-refractivity contribution in [2.45, 2.75) is 32.3 Å². The molecule has 1 atom stereocenters. The quantitative estimate of drug-likeness (QED) is 0.683. The zero-order valence-corrected chi connectivity index (χ0v) is 11.7. The Balaban J connectivity index is 2.08. The Morgan fingerprint density at radius 2 is 2.17 bits per heavy atom. The van der Waals surface area contributed by atoms with Crippen LogP contribution >= 0.6 is 0 Å². The van der Waals surface area contributed by atoms with Crippen molar-refractivity contribution in [3.8, 4) is 0 Å². The zero-order chi connectivity index (χ0) is 13.4. The van der Waals surface area contributed by atoms with E-state index in [1.165, 1.54) is 12.8 Å². The molecule has 1 heterocycles. The first kappa shape index (κ1) is 15.4. The Morgan fingerprint density at radius 1 is 1.50 bits per heavy atom. The number of methoxy groups -OCH3 is 1. The van der Waals surface area contributed by atoms with Crippen LogP contribution in [0, 0.1) is 5.92 Å². The lowest BCUT2D eigenvalue weighted by atomic mass is 9.99. The van der Waals surface area contributed by atoms with Crippen molar-refractivity contribution in [1.82, 2.24) is 10.2 Å². The molecule has 5 heteroatoms. The minimum Gasteiger partial charge on any atom is -0.380 e. The highest BCUT2D eigenvalue weighted by Crippen LogP contribution is 2.14. The van der Waals surface area contributed by atoms with Gasteiger partial charge >= 0.3 is 0 Å². The van der Waals surface area contributed by atoms with Gasteiger partial charge in [0.05, 0.1) is 12.5 Å². The molecule has 0 aromatic rings. The maximum Gasteiger partial charge on any atom is 0.222 e. The van der Waals surface area contributed by atoms with Gasteiger partial charge in [-0.15, -0.1) is 0 Å². The number of likely N-dealkylation sites (tertiary alicyclic amines) is 1. The number of hydrogen-bond acceptors (Lipinski definition) is 4. The van der Waals surface area contributed by atoms with Crippen molar-refractivity contribution >= 4 is 5.91 Å². The number of piperidine rings is 1. The van der Waals surface area contributed by atoms with Crippen LogP contribution in [0.25, 0.3) is 0 Å². The second kappa shape index (κ2) is 8.45. The Labute approximate surface area is 110 Å². The highest BCUT2D eigenvalue weighted by molar-refractivity contribution is 5.76. The summed E-state index contributed by atoms with van der Waals surface area (Å²) in [5.74, 6) is 0.875. The van der Waals surface area contributed by atoms with Gasteiger partial charge < -0.3 is 20.7 Å². The molecule has 106 valence electrons. The van der Waals surface area contributed by atoms with E-state index in [1.54, 1.807) is 7.11 Å². The molecule has 1 amide bonds. The second-order valence-corrected chi connectivity index (χ2v) is 5.17. The number of nitrogens with zero attached hydrogens (tertiary/aromatic N) is 1. The standard InChI is InChI=1S/C13H27N3O2/c1-11-3-6-16(7-4-11)8-5-15-13(17)9-12(10-14)18-2/h11-12H,3-10,14H2,1-2H3,(H,15,17). The molecule has 0 aromatic carbocycles. The third-order valence-electron chi connectivity index (χ3n) is 3.64. The van der Waals surface area contributed by atoms with Crippen LogP contribution in [0.4, 0.5) is 0 Å². The van der Waals surface area contributed by atoms with Crippen molar-refractivity contribution in [2.24, 2.45) is 11.7 Å². The van der Waals surface area contributed by atoms with Crippen molar-refractivity contribution in [3.05, 3.63) is 0 Å². The van der Waals surface area contributed by atoms with E-state index in [-0.39, 0.29) is 12.0 Å². The lowest BCUT2D eigenvalue weighted by molar-refractivity contribution is -0.123. The molecule has 0 bridgehead atoms. The third kappa shape index (κ3) is 5.80. The monoisotopic (exact) mass is 257 g/mol. The van der Waals surface area contributed by atoms with Crippen molar-refractivity contribution in [3.63, 3.8) is 0 Å². The van der Waals surface area contributed by atoms with Crippen LogP contribution < -0.4 is 11.1 Å². The van der Waals surface area contributed by atoms with E-state index in [2.05, 4.69) is 17.1 Å². The average molecular weight is 257 g/mol. The first-order valence-corrected chi connectivity index (χ1v) is 6.87. The molecule has 5 nitrogen and oxygen atoms in total. The van der Waals surface area contributed by atoms with E-state index in [4.69, 9.17) is 10.5 Å². The van der Waals surface area contributed by atoms with Crippen LogP contribution in [0.2, 0.25) is 0 Å². The summed E-state index contributed by atoms with van der Waals surface area (Å²) in [7, 11) is 1.58. The first-order valence-electron chi connectivity index (χ1n) is 6.87. The minimum atomic E-state index is -0.166. The van der Waals surface area contributed by atoms with Gasteiger partial charge in [0.1, 0.15) is 0 Å². The first-order chi connectivity index (χ1) is 8.65. The van der Waals surface area contributed by atoms with Gasteiger partial charge in [0, 0.05) is 26.7 Å². The van der Waals surface area contributed by atoms with Crippen LogP contribution in [-0.2, 0) is 9.53 Å². The summed E-state index contributed by atoms with van der Waals surface area (Å²) in [6, 6.07) is 0. The number of rotatable bonds is 7. The zero-order valence-electron chi connectivity index (χ0n) is 11.7. The summed E-state index contributed by atoms with van der Waals surface area (Å²) in [6.45, 7) is 6.65. The molecule has 1 aliphatic heterocycles. The largest absolute Gasteiger partial charge is 0.380 e. The molecule has 1 fully saturated rings.